The van der Waals surface area contributed by atoms with E-state index in [0.717, 1.165) is 30.7 Å². The second kappa shape index (κ2) is 9.15. The molecule has 1 heterocycles. The average Bonchev–Trinajstić information content (AvgIpc) is 3.21. The van der Waals surface area contributed by atoms with Crippen LogP contribution < -0.4 is 14.8 Å². The Morgan fingerprint density at radius 2 is 1.79 bits per heavy atom. The Morgan fingerprint density at radius 3 is 2.38 bits per heavy atom. The second-order valence-electron chi connectivity index (χ2n) is 7.02. The van der Waals surface area contributed by atoms with Gasteiger partial charge in [-0.1, -0.05) is 30.3 Å². The molecule has 158 valence electrons. The van der Waals surface area contributed by atoms with Crippen LogP contribution in [0, 0.1) is 5.92 Å². The molecule has 0 aliphatic carbocycles. The molecule has 0 bridgehead atoms. The summed E-state index contributed by atoms with van der Waals surface area (Å²) >= 11 is 0. The third-order valence-corrected chi connectivity index (χ3v) is 6.17. The quantitative estimate of drug-likeness (QED) is 0.678. The van der Waals surface area contributed by atoms with Gasteiger partial charge >= 0.3 is 6.18 Å². The number of hydrogen-bond donors (Lipinski definition) is 2. The number of alkyl halides is 3. The van der Waals surface area contributed by atoms with Crippen LogP contribution in [-0.4, -0.2) is 33.4 Å². The molecular formula is C20H23F3N2O3S. The fraction of sp³-hybridized carbons (Fsp3) is 0.400. The van der Waals surface area contributed by atoms with E-state index in [4.69, 9.17) is 4.74 Å². The lowest BCUT2D eigenvalue weighted by Crippen LogP contribution is -2.39. The largest absolute Gasteiger partial charge is 0.489 e. The molecule has 0 spiro atoms. The number of halogens is 3. The van der Waals surface area contributed by atoms with Crippen molar-refractivity contribution in [2.24, 2.45) is 5.92 Å². The van der Waals surface area contributed by atoms with Gasteiger partial charge in [0.1, 0.15) is 17.6 Å². The third-order valence-electron chi connectivity index (χ3n) is 4.82. The topological polar surface area (TPSA) is 67.4 Å². The van der Waals surface area contributed by atoms with Crippen LogP contribution in [0.25, 0.3) is 0 Å². The molecule has 0 saturated carbocycles. The molecule has 5 nitrogen and oxygen atoms in total. The fourth-order valence-electron chi connectivity index (χ4n) is 3.22. The van der Waals surface area contributed by atoms with Gasteiger partial charge in [0.15, 0.2) is 0 Å². The summed E-state index contributed by atoms with van der Waals surface area (Å²) in [5, 5.41) is 3.17. The molecule has 1 fully saturated rings. The maximum Gasteiger partial charge on any atom is 0.416 e. The standard InChI is InChI=1S/C20H23F3N2O3S/c21-20(22,23)17-6-8-18(9-7-17)28-19(16-10-11-24-13-16)14-29(26,27)25-12-15-4-2-1-3-5-15/h1-9,16,19,24-25H,10-14H2/t16-,19+/m0/s1. The highest BCUT2D eigenvalue weighted by Gasteiger charge is 2.32. The second-order valence-corrected chi connectivity index (χ2v) is 8.87. The lowest BCUT2D eigenvalue weighted by Gasteiger charge is -2.24. The Bertz CT molecular complexity index is 881. The number of rotatable bonds is 8. The van der Waals surface area contributed by atoms with Gasteiger partial charge in [0.05, 0.1) is 5.56 Å². The van der Waals surface area contributed by atoms with E-state index < -0.39 is 27.9 Å². The molecule has 0 aromatic heterocycles. The number of ether oxygens (including phenoxy) is 1. The molecule has 3 rings (SSSR count). The molecule has 0 unspecified atom stereocenters. The zero-order chi connectivity index (χ0) is 20.9. The van der Waals surface area contributed by atoms with E-state index in [0.29, 0.717) is 6.54 Å². The number of benzene rings is 2. The maximum absolute atomic E-state index is 12.7. The number of nitrogens with one attached hydrogen (secondary N) is 2. The smallest absolute Gasteiger partial charge is 0.416 e. The molecule has 9 heteroatoms. The molecule has 2 N–H and O–H groups in total. The van der Waals surface area contributed by atoms with Crippen LogP contribution in [0.15, 0.2) is 54.6 Å². The molecule has 0 radical (unpaired) electrons. The molecule has 1 saturated heterocycles. The Hall–Kier alpha value is -2.10. The van der Waals surface area contributed by atoms with Crippen LogP contribution in [0.3, 0.4) is 0 Å². The van der Waals surface area contributed by atoms with Crippen LogP contribution in [0.2, 0.25) is 0 Å². The van der Waals surface area contributed by atoms with Gasteiger partial charge in [-0.05, 0) is 42.8 Å². The summed E-state index contributed by atoms with van der Waals surface area (Å²) in [6.07, 6.45) is -4.37. The van der Waals surface area contributed by atoms with E-state index in [1.165, 1.54) is 12.1 Å². The highest BCUT2D eigenvalue weighted by Crippen LogP contribution is 2.31. The Kier molecular flexibility index (Phi) is 6.81. The summed E-state index contributed by atoms with van der Waals surface area (Å²) in [6, 6.07) is 13.4. The van der Waals surface area contributed by atoms with Crippen LogP contribution in [0.4, 0.5) is 13.2 Å². The van der Waals surface area contributed by atoms with Gasteiger partial charge in [0, 0.05) is 19.0 Å². The molecular weight excluding hydrogens is 405 g/mol. The summed E-state index contributed by atoms with van der Waals surface area (Å²) in [4.78, 5) is 0. The monoisotopic (exact) mass is 428 g/mol. The van der Waals surface area contributed by atoms with Crippen LogP contribution in [0.5, 0.6) is 5.75 Å². The van der Waals surface area contributed by atoms with Crippen molar-refractivity contribution in [1.82, 2.24) is 10.0 Å². The Balaban J connectivity index is 1.68. The summed E-state index contributed by atoms with van der Waals surface area (Å²) in [6.45, 7) is 1.51. The summed E-state index contributed by atoms with van der Waals surface area (Å²) in [5.74, 6) is -0.105. The van der Waals surface area contributed by atoms with Gasteiger partial charge in [0.25, 0.3) is 0 Å². The van der Waals surface area contributed by atoms with Crippen molar-refractivity contribution < 1.29 is 26.3 Å². The lowest BCUT2D eigenvalue weighted by atomic mass is 10.0. The molecule has 1 aliphatic heterocycles. The van der Waals surface area contributed by atoms with Crippen molar-refractivity contribution in [2.75, 3.05) is 18.8 Å². The van der Waals surface area contributed by atoms with Crippen LogP contribution >= 0.6 is 0 Å². The van der Waals surface area contributed by atoms with Crippen LogP contribution in [-0.2, 0) is 22.7 Å². The molecule has 2 atom stereocenters. The number of sulfonamides is 1. The molecule has 29 heavy (non-hydrogen) atoms. The molecule has 2 aromatic rings. The minimum absolute atomic E-state index is 0.0504. The van der Waals surface area contributed by atoms with E-state index in [-0.39, 0.29) is 24.0 Å². The van der Waals surface area contributed by atoms with E-state index >= 15 is 0 Å². The maximum atomic E-state index is 12.7. The third kappa shape index (κ3) is 6.45. The van der Waals surface area contributed by atoms with Crippen LogP contribution in [0.1, 0.15) is 17.5 Å². The SMILES string of the molecule is O=S(=O)(C[C@@H](Oc1ccc(C(F)(F)F)cc1)[C@H]1CCNC1)NCc1ccccc1. The summed E-state index contributed by atoms with van der Waals surface area (Å²) in [7, 11) is -3.65. The fourth-order valence-corrected chi connectivity index (χ4v) is 4.50. The van der Waals surface area contributed by atoms with E-state index in [9.17, 15) is 21.6 Å². The van der Waals surface area contributed by atoms with Gasteiger partial charge in [-0.25, -0.2) is 13.1 Å². The Morgan fingerprint density at radius 1 is 1.10 bits per heavy atom. The molecule has 1 aliphatic rings. The van der Waals surface area contributed by atoms with Gasteiger partial charge < -0.3 is 10.1 Å². The zero-order valence-electron chi connectivity index (χ0n) is 15.7. The van der Waals surface area contributed by atoms with E-state index in [2.05, 4.69) is 10.0 Å². The summed E-state index contributed by atoms with van der Waals surface area (Å²) in [5.41, 5.74) is 0.0555. The van der Waals surface area contributed by atoms with E-state index in [1.807, 2.05) is 30.3 Å². The first-order chi connectivity index (χ1) is 13.7. The van der Waals surface area contributed by atoms with Gasteiger partial charge in [-0.2, -0.15) is 13.2 Å². The Labute approximate surface area is 168 Å². The summed E-state index contributed by atoms with van der Waals surface area (Å²) < 4.78 is 71.8. The van der Waals surface area contributed by atoms with Gasteiger partial charge in [-0.3, -0.25) is 0 Å². The lowest BCUT2D eigenvalue weighted by molar-refractivity contribution is -0.137. The number of hydrogen-bond acceptors (Lipinski definition) is 4. The normalized spacial score (nSPS) is 18.5. The highest BCUT2D eigenvalue weighted by atomic mass is 32.2. The molecule has 2 aromatic carbocycles. The zero-order valence-corrected chi connectivity index (χ0v) is 16.5. The predicted octanol–water partition coefficient (Wildman–Crippen LogP) is 3.18. The average molecular weight is 428 g/mol. The van der Waals surface area contributed by atoms with Gasteiger partial charge in [0.2, 0.25) is 10.0 Å². The van der Waals surface area contributed by atoms with Crippen molar-refractivity contribution in [3.05, 3.63) is 65.7 Å². The highest BCUT2D eigenvalue weighted by molar-refractivity contribution is 7.89. The minimum Gasteiger partial charge on any atom is -0.489 e. The first kappa shape index (κ1) is 21.6. The van der Waals surface area contributed by atoms with Gasteiger partial charge in [-0.15, -0.1) is 0 Å². The van der Waals surface area contributed by atoms with E-state index in [1.54, 1.807) is 0 Å². The predicted molar refractivity (Wildman–Crippen MR) is 104 cm³/mol. The van der Waals surface area contributed by atoms with Crippen molar-refractivity contribution in [3.8, 4) is 5.75 Å². The first-order valence-corrected chi connectivity index (χ1v) is 10.9. The van der Waals surface area contributed by atoms with Crippen molar-refractivity contribution in [1.29, 1.82) is 0 Å². The van der Waals surface area contributed by atoms with Crippen molar-refractivity contribution >= 4 is 10.0 Å². The minimum atomic E-state index is -4.43. The first-order valence-electron chi connectivity index (χ1n) is 9.29. The molecule has 0 amide bonds. The van der Waals surface area contributed by atoms with Crippen molar-refractivity contribution in [2.45, 2.75) is 25.2 Å². The van der Waals surface area contributed by atoms with Crippen molar-refractivity contribution in [3.63, 3.8) is 0 Å².